The first-order chi connectivity index (χ1) is 6.31. The molecule has 13 heavy (non-hydrogen) atoms. The summed E-state index contributed by atoms with van der Waals surface area (Å²) in [6.07, 6.45) is 3.87. The van der Waals surface area contributed by atoms with Crippen molar-refractivity contribution in [1.82, 2.24) is 9.97 Å². The summed E-state index contributed by atoms with van der Waals surface area (Å²) >= 11 is 5.96. The zero-order valence-corrected chi connectivity index (χ0v) is 8.95. The van der Waals surface area contributed by atoms with Crippen LogP contribution < -0.4 is 0 Å². The number of H-pyrrole nitrogens is 1. The fraction of sp³-hybridized carbons (Fsp3) is 0.222. The zero-order chi connectivity index (χ0) is 9.26. The molecule has 0 bridgehead atoms. The van der Waals surface area contributed by atoms with Gasteiger partial charge in [-0.2, -0.15) is 12.6 Å². The monoisotopic (exact) mass is 210 g/mol. The van der Waals surface area contributed by atoms with Crippen LogP contribution >= 0.6 is 24.0 Å². The molecule has 0 unspecified atom stereocenters. The number of hydrogen-bond donors (Lipinski definition) is 2. The first kappa shape index (κ1) is 8.84. The predicted octanol–water partition coefficient (Wildman–Crippen LogP) is 2.88. The van der Waals surface area contributed by atoms with E-state index in [-0.39, 0.29) is 0 Å². The average Bonchev–Trinajstić information content (AvgIpc) is 2.71. The first-order valence-corrected chi connectivity index (χ1v) is 5.46. The Morgan fingerprint density at radius 1 is 1.62 bits per heavy atom. The topological polar surface area (TPSA) is 28.7 Å². The van der Waals surface area contributed by atoms with Crippen molar-refractivity contribution in [3.05, 3.63) is 29.0 Å². The fourth-order valence-electron chi connectivity index (χ4n) is 1.16. The van der Waals surface area contributed by atoms with Crippen molar-refractivity contribution < 1.29 is 0 Å². The molecule has 0 spiro atoms. The third-order valence-electron chi connectivity index (χ3n) is 1.88. The second-order valence-corrected chi connectivity index (χ2v) is 4.19. The lowest BCUT2D eigenvalue weighted by Gasteiger charge is -1.85. The van der Waals surface area contributed by atoms with E-state index in [4.69, 9.17) is 0 Å². The highest BCUT2D eigenvalue weighted by Gasteiger charge is 2.07. The van der Waals surface area contributed by atoms with Crippen molar-refractivity contribution in [1.29, 1.82) is 0 Å². The Bertz CT molecular complexity index is 390. The molecule has 0 radical (unpaired) electrons. The van der Waals surface area contributed by atoms with Crippen molar-refractivity contribution in [3.63, 3.8) is 0 Å². The molecule has 0 saturated heterocycles. The van der Waals surface area contributed by atoms with Crippen LogP contribution in [0.25, 0.3) is 10.6 Å². The molecule has 0 aliphatic rings. The van der Waals surface area contributed by atoms with Gasteiger partial charge in [0.1, 0.15) is 5.01 Å². The minimum atomic E-state index is 0.772. The van der Waals surface area contributed by atoms with Gasteiger partial charge in [-0.25, -0.2) is 4.98 Å². The maximum Gasteiger partial charge on any atom is 0.125 e. The van der Waals surface area contributed by atoms with Gasteiger partial charge < -0.3 is 4.98 Å². The Kier molecular flexibility index (Phi) is 2.42. The molecule has 0 amide bonds. The van der Waals surface area contributed by atoms with Crippen LogP contribution in [0.3, 0.4) is 0 Å². The Morgan fingerprint density at radius 3 is 3.00 bits per heavy atom. The average molecular weight is 210 g/mol. The van der Waals surface area contributed by atoms with Crippen molar-refractivity contribution in [2.24, 2.45) is 0 Å². The number of aromatic amines is 1. The van der Waals surface area contributed by atoms with Gasteiger partial charge in [0.2, 0.25) is 0 Å². The highest BCUT2D eigenvalue weighted by molar-refractivity contribution is 7.79. The molecule has 1 N–H and O–H groups in total. The van der Waals surface area contributed by atoms with Gasteiger partial charge in [-0.15, -0.1) is 11.3 Å². The van der Waals surface area contributed by atoms with Crippen molar-refractivity contribution in [2.75, 3.05) is 0 Å². The lowest BCUT2D eigenvalue weighted by molar-refractivity contribution is 1.22. The van der Waals surface area contributed by atoms with Gasteiger partial charge in [0.05, 0.1) is 5.69 Å². The zero-order valence-electron chi connectivity index (χ0n) is 7.24. The number of thiazole rings is 1. The van der Waals surface area contributed by atoms with Gasteiger partial charge in [-0.1, -0.05) is 0 Å². The Labute approximate surface area is 86.4 Å². The SMILES string of the molecule is Cc1nc(-c2cc[nH]c2)sc1CS. The largest absolute Gasteiger partial charge is 0.367 e. The third-order valence-corrected chi connectivity index (χ3v) is 3.62. The molecule has 0 atom stereocenters. The summed E-state index contributed by atoms with van der Waals surface area (Å²) in [4.78, 5) is 8.75. The van der Waals surface area contributed by atoms with Gasteiger partial charge >= 0.3 is 0 Å². The fourth-order valence-corrected chi connectivity index (χ4v) is 2.50. The van der Waals surface area contributed by atoms with E-state index in [9.17, 15) is 0 Å². The standard InChI is InChI=1S/C9H10N2S2/c1-6-8(5-12)13-9(11-6)7-2-3-10-4-7/h2-4,10,12H,5H2,1H3. The molecule has 0 saturated carbocycles. The van der Waals surface area contributed by atoms with Crippen molar-refractivity contribution in [2.45, 2.75) is 12.7 Å². The van der Waals surface area contributed by atoms with Crippen LogP contribution in [-0.2, 0) is 5.75 Å². The number of aryl methyl sites for hydroxylation is 1. The summed E-state index contributed by atoms with van der Waals surface area (Å²) in [5.74, 6) is 0.772. The normalized spacial score (nSPS) is 10.6. The Morgan fingerprint density at radius 2 is 2.46 bits per heavy atom. The molecule has 2 heterocycles. The van der Waals surface area contributed by atoms with Crippen LogP contribution in [-0.4, -0.2) is 9.97 Å². The summed E-state index contributed by atoms with van der Waals surface area (Å²) in [5.41, 5.74) is 2.25. The lowest BCUT2D eigenvalue weighted by atomic mass is 10.3. The molecule has 2 nitrogen and oxygen atoms in total. The molecule has 0 aliphatic heterocycles. The van der Waals surface area contributed by atoms with E-state index < -0.39 is 0 Å². The van der Waals surface area contributed by atoms with Crippen LogP contribution in [0.15, 0.2) is 18.5 Å². The number of hydrogen-bond acceptors (Lipinski definition) is 3. The van der Waals surface area contributed by atoms with Crippen molar-refractivity contribution in [3.8, 4) is 10.6 Å². The smallest absolute Gasteiger partial charge is 0.125 e. The van der Waals surface area contributed by atoms with E-state index in [1.807, 2.05) is 25.4 Å². The van der Waals surface area contributed by atoms with Gasteiger partial charge in [-0.3, -0.25) is 0 Å². The lowest BCUT2D eigenvalue weighted by Crippen LogP contribution is -1.76. The number of nitrogens with zero attached hydrogens (tertiary/aromatic N) is 1. The van der Waals surface area contributed by atoms with E-state index in [1.165, 1.54) is 4.88 Å². The summed E-state index contributed by atoms with van der Waals surface area (Å²) in [6.45, 7) is 2.03. The number of nitrogens with one attached hydrogen (secondary N) is 1. The van der Waals surface area contributed by atoms with Gasteiger partial charge in [0.25, 0.3) is 0 Å². The summed E-state index contributed by atoms with van der Waals surface area (Å²) < 4.78 is 0. The number of thiol groups is 1. The second kappa shape index (κ2) is 3.55. The molecular formula is C9H10N2S2. The van der Waals surface area contributed by atoms with Crippen LogP contribution in [0.5, 0.6) is 0 Å². The Balaban J connectivity index is 2.43. The van der Waals surface area contributed by atoms with Crippen LogP contribution in [0.2, 0.25) is 0 Å². The van der Waals surface area contributed by atoms with Crippen LogP contribution in [0.1, 0.15) is 10.6 Å². The maximum absolute atomic E-state index is 4.47. The minimum Gasteiger partial charge on any atom is -0.367 e. The molecule has 0 aliphatic carbocycles. The van der Waals surface area contributed by atoms with E-state index in [1.54, 1.807) is 11.3 Å². The third kappa shape index (κ3) is 1.64. The molecule has 68 valence electrons. The Hall–Kier alpha value is -0.740. The number of aromatic nitrogens is 2. The van der Waals surface area contributed by atoms with E-state index in [0.717, 1.165) is 22.0 Å². The molecular weight excluding hydrogens is 200 g/mol. The molecule has 2 aromatic rings. The van der Waals surface area contributed by atoms with E-state index >= 15 is 0 Å². The first-order valence-electron chi connectivity index (χ1n) is 4.01. The van der Waals surface area contributed by atoms with Crippen molar-refractivity contribution >= 4 is 24.0 Å². The van der Waals surface area contributed by atoms with Gasteiger partial charge in [0, 0.05) is 28.6 Å². The van der Waals surface area contributed by atoms with E-state index in [0.29, 0.717) is 0 Å². The maximum atomic E-state index is 4.47. The van der Waals surface area contributed by atoms with Crippen LogP contribution in [0.4, 0.5) is 0 Å². The highest BCUT2D eigenvalue weighted by atomic mass is 32.1. The minimum absolute atomic E-state index is 0.772. The quantitative estimate of drug-likeness (QED) is 0.733. The van der Waals surface area contributed by atoms with Gasteiger partial charge in [-0.05, 0) is 13.0 Å². The molecule has 4 heteroatoms. The molecule has 2 aromatic heterocycles. The summed E-state index contributed by atoms with van der Waals surface area (Å²) in [6, 6.07) is 2.03. The predicted molar refractivity (Wildman–Crippen MR) is 59.3 cm³/mol. The summed E-state index contributed by atoms with van der Waals surface area (Å²) in [5, 5.41) is 1.07. The molecule has 0 fully saturated rings. The molecule has 2 rings (SSSR count). The second-order valence-electron chi connectivity index (χ2n) is 2.79. The molecule has 0 aromatic carbocycles. The highest BCUT2D eigenvalue weighted by Crippen LogP contribution is 2.28. The summed E-state index contributed by atoms with van der Waals surface area (Å²) in [7, 11) is 0. The van der Waals surface area contributed by atoms with E-state index in [2.05, 4.69) is 22.6 Å². The van der Waals surface area contributed by atoms with Crippen LogP contribution in [0, 0.1) is 6.92 Å². The number of rotatable bonds is 2. The van der Waals surface area contributed by atoms with Gasteiger partial charge in [0.15, 0.2) is 0 Å².